The largest absolute Gasteiger partial charge is 0.363 e. The number of unbranched alkanes of at least 4 members (excludes halogenated alkanes) is 3. The Morgan fingerprint density at radius 3 is 2.80 bits per heavy atom. The number of fused-ring (bicyclic) bond motifs is 1. The first-order valence-electron chi connectivity index (χ1n) is 12.5. The number of likely N-dealkylation sites (tertiary alicyclic amines) is 2. The monoisotopic (exact) mass is 409 g/mol. The number of nitrogens with zero attached hydrogens (tertiary/aromatic N) is 3. The van der Waals surface area contributed by atoms with Gasteiger partial charge in [-0.1, -0.05) is 56.6 Å². The minimum atomic E-state index is 0.723. The number of aliphatic imine (C=N–C) groups is 1. The van der Waals surface area contributed by atoms with Crippen molar-refractivity contribution in [3.8, 4) is 0 Å². The van der Waals surface area contributed by atoms with E-state index >= 15 is 0 Å². The molecule has 2 fully saturated rings. The van der Waals surface area contributed by atoms with Crippen LogP contribution < -0.4 is 0 Å². The molecule has 0 aromatic carbocycles. The van der Waals surface area contributed by atoms with Crippen LogP contribution in [0.3, 0.4) is 0 Å². The van der Waals surface area contributed by atoms with E-state index in [-0.39, 0.29) is 0 Å². The Labute approximate surface area is 185 Å². The molecule has 3 rings (SSSR count). The van der Waals surface area contributed by atoms with Gasteiger partial charge in [-0.05, 0) is 81.5 Å². The Bertz CT molecular complexity index is 655. The first-order chi connectivity index (χ1) is 14.8. The minimum Gasteiger partial charge on any atom is -0.363 e. The highest BCUT2D eigenvalue weighted by Crippen LogP contribution is 2.33. The van der Waals surface area contributed by atoms with Crippen LogP contribution in [0.1, 0.15) is 77.6 Å². The van der Waals surface area contributed by atoms with Gasteiger partial charge < -0.3 is 9.80 Å². The molecule has 0 bridgehead atoms. The van der Waals surface area contributed by atoms with E-state index in [0.29, 0.717) is 0 Å². The Balaban J connectivity index is 1.57. The van der Waals surface area contributed by atoms with Crippen molar-refractivity contribution in [1.82, 2.24) is 9.80 Å². The van der Waals surface area contributed by atoms with E-state index in [9.17, 15) is 0 Å². The average Bonchev–Trinajstić information content (AvgIpc) is 3.09. The Morgan fingerprint density at radius 2 is 1.93 bits per heavy atom. The molecule has 2 aliphatic heterocycles. The summed E-state index contributed by atoms with van der Waals surface area (Å²) in [6, 6.07) is 0. The summed E-state index contributed by atoms with van der Waals surface area (Å²) in [5, 5.41) is 0. The van der Waals surface area contributed by atoms with E-state index in [2.05, 4.69) is 46.5 Å². The lowest BCUT2D eigenvalue weighted by Crippen LogP contribution is -2.29. The van der Waals surface area contributed by atoms with Gasteiger partial charge in [-0.15, -0.1) is 0 Å². The predicted octanol–water partition coefficient (Wildman–Crippen LogP) is 6.51. The summed E-state index contributed by atoms with van der Waals surface area (Å²) < 4.78 is 0. The highest BCUT2D eigenvalue weighted by atomic mass is 15.1. The smallest absolute Gasteiger partial charge is 0.0904 e. The molecule has 0 aromatic heterocycles. The van der Waals surface area contributed by atoms with Crippen molar-refractivity contribution in [1.29, 1.82) is 0 Å². The van der Waals surface area contributed by atoms with Gasteiger partial charge in [0.25, 0.3) is 0 Å². The molecule has 0 spiro atoms. The number of rotatable bonds is 8. The molecule has 1 unspecified atom stereocenters. The van der Waals surface area contributed by atoms with Gasteiger partial charge >= 0.3 is 0 Å². The molecular formula is C27H43N3. The molecule has 0 saturated carbocycles. The van der Waals surface area contributed by atoms with E-state index < -0.39 is 0 Å². The third-order valence-electron chi connectivity index (χ3n) is 7.06. The Hall–Kier alpha value is -1.61. The van der Waals surface area contributed by atoms with Crippen molar-refractivity contribution in [2.24, 2.45) is 10.9 Å². The average molecular weight is 410 g/mol. The molecular weight excluding hydrogens is 366 g/mol. The second-order valence-electron chi connectivity index (χ2n) is 9.23. The highest BCUT2D eigenvalue weighted by Gasteiger charge is 2.21. The fourth-order valence-electron chi connectivity index (χ4n) is 5.18. The fraction of sp³-hybridized carbons (Fsp3) is 0.667. The molecule has 0 N–H and O–H groups in total. The molecule has 2 saturated heterocycles. The van der Waals surface area contributed by atoms with E-state index in [1.807, 2.05) is 6.34 Å². The quantitative estimate of drug-likeness (QED) is 0.258. The van der Waals surface area contributed by atoms with Crippen LogP contribution in [0.2, 0.25) is 0 Å². The summed E-state index contributed by atoms with van der Waals surface area (Å²) in [5.41, 5.74) is 4.90. The van der Waals surface area contributed by atoms with Crippen LogP contribution in [0.4, 0.5) is 0 Å². The van der Waals surface area contributed by atoms with Gasteiger partial charge in [0.2, 0.25) is 0 Å². The van der Waals surface area contributed by atoms with Crippen LogP contribution in [0.5, 0.6) is 0 Å². The molecule has 3 aliphatic rings. The fourth-order valence-corrected chi connectivity index (χ4v) is 5.18. The van der Waals surface area contributed by atoms with E-state index in [1.165, 1.54) is 83.8 Å². The van der Waals surface area contributed by atoms with Crippen LogP contribution in [0, 0.1) is 5.92 Å². The van der Waals surface area contributed by atoms with E-state index in [4.69, 9.17) is 0 Å². The standard InChI is InChI=1S/C27H43N3/c1-3-5-6-7-18-29-19-8-10-24-12-13-26(14-15-27(24)16-21-29)25-11-9-20-30(22-17-25)23-28-4-2/h4,12,14-15,23,25H,2-3,5-11,13,16-22H2,1H3. The van der Waals surface area contributed by atoms with Crippen LogP contribution in [0.25, 0.3) is 0 Å². The first kappa shape index (κ1) is 23.1. The summed E-state index contributed by atoms with van der Waals surface area (Å²) in [5.74, 6) is 0.723. The topological polar surface area (TPSA) is 18.8 Å². The molecule has 0 amide bonds. The van der Waals surface area contributed by atoms with Crippen LogP contribution in [-0.2, 0) is 0 Å². The third-order valence-corrected chi connectivity index (χ3v) is 7.06. The Kier molecular flexibility index (Phi) is 9.95. The lowest BCUT2D eigenvalue weighted by Gasteiger charge is -2.26. The van der Waals surface area contributed by atoms with Crippen molar-refractivity contribution in [3.05, 3.63) is 47.7 Å². The normalized spacial score (nSPS) is 24.1. The maximum atomic E-state index is 4.22. The van der Waals surface area contributed by atoms with Crippen LogP contribution in [0.15, 0.2) is 52.7 Å². The molecule has 0 aromatic rings. The maximum Gasteiger partial charge on any atom is 0.0904 e. The van der Waals surface area contributed by atoms with Crippen LogP contribution in [-0.4, -0.2) is 48.9 Å². The number of hydrogen-bond donors (Lipinski definition) is 0. The number of allylic oxidation sites excluding steroid dienone is 5. The van der Waals surface area contributed by atoms with Crippen molar-refractivity contribution in [2.75, 3.05) is 32.7 Å². The second kappa shape index (κ2) is 12.9. The van der Waals surface area contributed by atoms with E-state index in [1.54, 1.807) is 22.9 Å². The summed E-state index contributed by atoms with van der Waals surface area (Å²) >= 11 is 0. The molecule has 2 heterocycles. The van der Waals surface area contributed by atoms with Gasteiger partial charge in [-0.2, -0.15) is 0 Å². The van der Waals surface area contributed by atoms with Crippen molar-refractivity contribution in [2.45, 2.75) is 77.6 Å². The molecule has 3 nitrogen and oxygen atoms in total. The van der Waals surface area contributed by atoms with Gasteiger partial charge in [-0.3, -0.25) is 0 Å². The van der Waals surface area contributed by atoms with Gasteiger partial charge in [0, 0.05) is 25.8 Å². The maximum absolute atomic E-state index is 4.22. The lowest BCUT2D eigenvalue weighted by molar-refractivity contribution is 0.262. The van der Waals surface area contributed by atoms with Crippen molar-refractivity contribution in [3.63, 3.8) is 0 Å². The first-order valence-corrected chi connectivity index (χ1v) is 12.5. The molecule has 3 heteroatoms. The van der Waals surface area contributed by atoms with Gasteiger partial charge in [0.1, 0.15) is 0 Å². The summed E-state index contributed by atoms with van der Waals surface area (Å²) in [6.45, 7) is 12.0. The SMILES string of the molecule is C=CN=CN1CCCC(C2=CC=C3CCN(CCCCCC)CCCC3=CC2)CC1. The van der Waals surface area contributed by atoms with Crippen molar-refractivity contribution >= 4 is 6.34 Å². The third kappa shape index (κ3) is 7.27. The summed E-state index contributed by atoms with van der Waals surface area (Å²) in [4.78, 5) is 9.29. The van der Waals surface area contributed by atoms with Gasteiger partial charge in [-0.25, -0.2) is 4.99 Å². The zero-order valence-electron chi connectivity index (χ0n) is 19.3. The molecule has 0 radical (unpaired) electrons. The van der Waals surface area contributed by atoms with Gasteiger partial charge in [0.15, 0.2) is 0 Å². The molecule has 1 aliphatic carbocycles. The summed E-state index contributed by atoms with van der Waals surface area (Å²) in [6.07, 6.45) is 25.4. The van der Waals surface area contributed by atoms with Gasteiger partial charge in [0.05, 0.1) is 6.34 Å². The van der Waals surface area contributed by atoms with E-state index in [0.717, 1.165) is 25.4 Å². The minimum absolute atomic E-state index is 0.723. The van der Waals surface area contributed by atoms with Crippen LogP contribution >= 0.6 is 0 Å². The Morgan fingerprint density at radius 1 is 1.00 bits per heavy atom. The van der Waals surface area contributed by atoms with Crippen molar-refractivity contribution < 1.29 is 0 Å². The lowest BCUT2D eigenvalue weighted by atomic mass is 9.89. The molecule has 1 atom stereocenters. The summed E-state index contributed by atoms with van der Waals surface area (Å²) in [7, 11) is 0. The molecule has 30 heavy (non-hydrogen) atoms. The zero-order chi connectivity index (χ0) is 21.0. The number of hydrogen-bond acceptors (Lipinski definition) is 2. The highest BCUT2D eigenvalue weighted by molar-refractivity contribution is 5.55. The predicted molar refractivity (Wildman–Crippen MR) is 131 cm³/mol. The zero-order valence-corrected chi connectivity index (χ0v) is 19.3. The second-order valence-corrected chi connectivity index (χ2v) is 9.23. The molecule has 166 valence electrons.